The molecule has 0 saturated heterocycles. The standard InChI is InChI=1S/C26H42O3/c1-3-4-5-6-7-8-9-10-11-12-13-14-15-16-22-29-25-20-19-24(18-17-21-27)23-26(25)28-2/h17-21,23H,3-16,22H2,1-2H3. The molecule has 0 aliphatic carbocycles. The van der Waals surface area contributed by atoms with Gasteiger partial charge in [0.1, 0.15) is 6.29 Å². The third-order valence-electron chi connectivity index (χ3n) is 5.31. The van der Waals surface area contributed by atoms with Gasteiger partial charge in [-0.3, -0.25) is 4.79 Å². The highest BCUT2D eigenvalue weighted by Gasteiger charge is 2.04. The second kappa shape index (κ2) is 18.3. The summed E-state index contributed by atoms with van der Waals surface area (Å²) in [5, 5.41) is 0. The van der Waals surface area contributed by atoms with Crippen molar-refractivity contribution in [3.8, 4) is 11.5 Å². The van der Waals surface area contributed by atoms with E-state index in [1.54, 1.807) is 13.2 Å². The third kappa shape index (κ3) is 13.1. The fourth-order valence-electron chi connectivity index (χ4n) is 3.54. The van der Waals surface area contributed by atoms with Crippen LogP contribution < -0.4 is 9.47 Å². The van der Waals surface area contributed by atoms with E-state index in [0.717, 1.165) is 30.6 Å². The molecule has 1 aromatic rings. The maximum Gasteiger partial charge on any atom is 0.161 e. The minimum Gasteiger partial charge on any atom is -0.493 e. The third-order valence-corrected chi connectivity index (χ3v) is 5.31. The first-order valence-electron chi connectivity index (χ1n) is 11.7. The van der Waals surface area contributed by atoms with Gasteiger partial charge >= 0.3 is 0 Å². The van der Waals surface area contributed by atoms with Crippen LogP contribution in [0.5, 0.6) is 11.5 Å². The van der Waals surface area contributed by atoms with Crippen LogP contribution in [0.15, 0.2) is 24.3 Å². The topological polar surface area (TPSA) is 35.5 Å². The predicted octanol–water partition coefficient (Wildman–Crippen LogP) is 7.77. The summed E-state index contributed by atoms with van der Waals surface area (Å²) in [5.74, 6) is 1.48. The monoisotopic (exact) mass is 402 g/mol. The molecular weight excluding hydrogens is 360 g/mol. The lowest BCUT2D eigenvalue weighted by molar-refractivity contribution is -0.104. The predicted molar refractivity (Wildman–Crippen MR) is 124 cm³/mol. The summed E-state index contributed by atoms with van der Waals surface area (Å²) in [6, 6.07) is 5.73. The van der Waals surface area contributed by atoms with Crippen LogP contribution in [0, 0.1) is 0 Å². The molecule has 0 saturated carbocycles. The quantitative estimate of drug-likeness (QED) is 0.135. The number of carbonyl (C=O) groups is 1. The molecule has 164 valence electrons. The van der Waals surface area contributed by atoms with E-state index < -0.39 is 0 Å². The summed E-state index contributed by atoms with van der Waals surface area (Å²) < 4.78 is 11.3. The summed E-state index contributed by atoms with van der Waals surface area (Å²) in [4.78, 5) is 10.4. The lowest BCUT2D eigenvalue weighted by Gasteiger charge is -2.11. The molecule has 0 aromatic heterocycles. The van der Waals surface area contributed by atoms with Crippen molar-refractivity contribution < 1.29 is 14.3 Å². The maximum atomic E-state index is 10.4. The zero-order chi connectivity index (χ0) is 21.0. The molecule has 0 amide bonds. The van der Waals surface area contributed by atoms with Gasteiger partial charge in [-0.15, -0.1) is 0 Å². The van der Waals surface area contributed by atoms with Crippen LogP contribution in [0.1, 0.15) is 102 Å². The van der Waals surface area contributed by atoms with Crippen LogP contribution in [0.25, 0.3) is 6.08 Å². The lowest BCUT2D eigenvalue weighted by atomic mass is 10.0. The number of hydrogen-bond acceptors (Lipinski definition) is 3. The number of methoxy groups -OCH3 is 1. The van der Waals surface area contributed by atoms with E-state index in [4.69, 9.17) is 9.47 Å². The summed E-state index contributed by atoms with van der Waals surface area (Å²) in [6.07, 6.45) is 23.0. The van der Waals surface area contributed by atoms with E-state index in [-0.39, 0.29) is 0 Å². The Balaban J connectivity index is 1.99. The number of rotatable bonds is 19. The number of hydrogen-bond donors (Lipinski definition) is 0. The van der Waals surface area contributed by atoms with Gasteiger partial charge in [0.25, 0.3) is 0 Å². The Labute approximate surface area is 178 Å². The van der Waals surface area contributed by atoms with Gasteiger partial charge in [-0.1, -0.05) is 103 Å². The number of ether oxygens (including phenoxy) is 2. The van der Waals surface area contributed by atoms with E-state index in [9.17, 15) is 4.79 Å². The molecule has 0 heterocycles. The largest absolute Gasteiger partial charge is 0.493 e. The lowest BCUT2D eigenvalue weighted by Crippen LogP contribution is -1.99. The maximum absolute atomic E-state index is 10.4. The van der Waals surface area contributed by atoms with Gasteiger partial charge in [0.15, 0.2) is 11.5 Å². The van der Waals surface area contributed by atoms with Crippen molar-refractivity contribution in [2.24, 2.45) is 0 Å². The van der Waals surface area contributed by atoms with Gasteiger partial charge < -0.3 is 9.47 Å². The van der Waals surface area contributed by atoms with Gasteiger partial charge in [0.05, 0.1) is 13.7 Å². The minimum absolute atomic E-state index is 0.711. The molecule has 1 aromatic carbocycles. The fourth-order valence-corrected chi connectivity index (χ4v) is 3.54. The van der Waals surface area contributed by atoms with E-state index >= 15 is 0 Å². The fraction of sp³-hybridized carbons (Fsp3) is 0.654. The Hall–Kier alpha value is -1.77. The molecule has 0 fully saturated rings. The first-order chi connectivity index (χ1) is 14.3. The molecule has 29 heavy (non-hydrogen) atoms. The van der Waals surface area contributed by atoms with Crippen molar-refractivity contribution in [2.75, 3.05) is 13.7 Å². The highest BCUT2D eigenvalue weighted by atomic mass is 16.5. The molecule has 0 aliphatic heterocycles. The molecule has 0 aliphatic rings. The van der Waals surface area contributed by atoms with Crippen LogP contribution >= 0.6 is 0 Å². The molecule has 0 bridgehead atoms. The van der Waals surface area contributed by atoms with Crippen molar-refractivity contribution >= 4 is 12.4 Å². The molecule has 0 unspecified atom stereocenters. The van der Waals surface area contributed by atoms with Gasteiger partial charge in [-0.05, 0) is 30.2 Å². The number of allylic oxidation sites excluding steroid dienone is 1. The number of carbonyl (C=O) groups excluding carboxylic acids is 1. The van der Waals surface area contributed by atoms with Crippen LogP contribution in [0.3, 0.4) is 0 Å². The normalized spacial score (nSPS) is 11.1. The van der Waals surface area contributed by atoms with E-state index in [0.29, 0.717) is 5.75 Å². The Morgan fingerprint density at radius 1 is 0.759 bits per heavy atom. The van der Waals surface area contributed by atoms with E-state index in [1.165, 1.54) is 89.5 Å². The second-order valence-corrected chi connectivity index (χ2v) is 7.85. The average Bonchev–Trinajstić information content (AvgIpc) is 2.75. The molecule has 3 nitrogen and oxygen atoms in total. The van der Waals surface area contributed by atoms with E-state index in [2.05, 4.69) is 6.92 Å². The van der Waals surface area contributed by atoms with Crippen molar-refractivity contribution in [3.05, 3.63) is 29.8 Å². The number of unbranched alkanes of at least 4 members (excludes halogenated alkanes) is 13. The highest BCUT2D eigenvalue weighted by molar-refractivity contribution is 5.74. The van der Waals surface area contributed by atoms with Crippen molar-refractivity contribution in [1.29, 1.82) is 0 Å². The molecule has 0 radical (unpaired) electrons. The number of aldehydes is 1. The minimum atomic E-state index is 0.711. The summed E-state index contributed by atoms with van der Waals surface area (Å²) in [7, 11) is 1.64. The smallest absolute Gasteiger partial charge is 0.161 e. The van der Waals surface area contributed by atoms with Crippen molar-refractivity contribution in [3.63, 3.8) is 0 Å². The molecule has 3 heteroatoms. The Morgan fingerprint density at radius 3 is 1.83 bits per heavy atom. The van der Waals surface area contributed by atoms with Gasteiger partial charge in [-0.25, -0.2) is 0 Å². The van der Waals surface area contributed by atoms with Crippen molar-refractivity contribution in [2.45, 2.75) is 96.8 Å². The van der Waals surface area contributed by atoms with Crippen LogP contribution in [-0.4, -0.2) is 20.0 Å². The van der Waals surface area contributed by atoms with Crippen LogP contribution in [0.4, 0.5) is 0 Å². The first kappa shape index (κ1) is 25.3. The van der Waals surface area contributed by atoms with Gasteiger partial charge in [0.2, 0.25) is 0 Å². The summed E-state index contributed by atoms with van der Waals surface area (Å²) in [5.41, 5.74) is 0.929. The Bertz CT molecular complexity index is 551. The van der Waals surface area contributed by atoms with Crippen molar-refractivity contribution in [1.82, 2.24) is 0 Å². The molecule has 1 rings (SSSR count). The SMILES string of the molecule is CCCCCCCCCCCCCCCCOc1ccc(C=CC=O)cc1OC. The zero-order valence-electron chi connectivity index (χ0n) is 18.8. The Morgan fingerprint density at radius 2 is 1.31 bits per heavy atom. The highest BCUT2D eigenvalue weighted by Crippen LogP contribution is 2.28. The van der Waals surface area contributed by atoms with Gasteiger partial charge in [0, 0.05) is 0 Å². The summed E-state index contributed by atoms with van der Waals surface area (Å²) >= 11 is 0. The molecule has 0 N–H and O–H groups in total. The Kier molecular flexibility index (Phi) is 15.9. The second-order valence-electron chi connectivity index (χ2n) is 7.85. The van der Waals surface area contributed by atoms with Crippen LogP contribution in [0.2, 0.25) is 0 Å². The molecular formula is C26H42O3. The first-order valence-corrected chi connectivity index (χ1v) is 11.7. The van der Waals surface area contributed by atoms with E-state index in [1.807, 2.05) is 18.2 Å². The average molecular weight is 403 g/mol. The summed E-state index contributed by atoms with van der Waals surface area (Å²) in [6.45, 7) is 3.00. The van der Waals surface area contributed by atoms with Crippen LogP contribution in [-0.2, 0) is 4.79 Å². The zero-order valence-corrected chi connectivity index (χ0v) is 18.8. The molecule has 0 atom stereocenters. The van der Waals surface area contributed by atoms with Gasteiger partial charge in [-0.2, -0.15) is 0 Å². The number of benzene rings is 1. The molecule has 0 spiro atoms.